The van der Waals surface area contributed by atoms with Crippen LogP contribution in [-0.2, 0) is 9.53 Å². The van der Waals surface area contributed by atoms with Gasteiger partial charge in [0.05, 0.1) is 0 Å². The molecule has 0 spiro atoms. The lowest BCUT2D eigenvalue weighted by Crippen LogP contribution is -2.15. The summed E-state index contributed by atoms with van der Waals surface area (Å²) in [6, 6.07) is 0. The molecule has 0 aliphatic carbocycles. The number of nitrogens with two attached hydrogens (primary N) is 1. The van der Waals surface area contributed by atoms with Gasteiger partial charge in [-0.15, -0.1) is 0 Å². The van der Waals surface area contributed by atoms with Crippen LogP contribution in [-0.4, -0.2) is 25.5 Å². The first kappa shape index (κ1) is 15.6. The minimum atomic E-state index is 0.444. The second kappa shape index (κ2) is 10.5. The SMILES string of the molecule is NCCCCCC(=O)CCCCC1CCOCC1. The quantitative estimate of drug-likeness (QED) is 0.610. The second-order valence-electron chi connectivity index (χ2n) is 5.44. The highest BCUT2D eigenvalue weighted by atomic mass is 16.5. The van der Waals surface area contributed by atoms with E-state index in [1.165, 1.54) is 25.7 Å². The Morgan fingerprint density at radius 2 is 1.67 bits per heavy atom. The molecular weight excluding hydrogens is 226 g/mol. The number of unbranched alkanes of at least 4 members (excludes halogenated alkanes) is 3. The Morgan fingerprint density at radius 1 is 1.00 bits per heavy atom. The molecule has 0 aromatic heterocycles. The zero-order valence-electron chi connectivity index (χ0n) is 11.7. The summed E-state index contributed by atoms with van der Waals surface area (Å²) < 4.78 is 5.35. The van der Waals surface area contributed by atoms with E-state index in [1.807, 2.05) is 0 Å². The summed E-state index contributed by atoms with van der Waals surface area (Å²) in [5, 5.41) is 0. The van der Waals surface area contributed by atoms with E-state index in [0.717, 1.165) is 64.2 Å². The van der Waals surface area contributed by atoms with Gasteiger partial charge in [0.25, 0.3) is 0 Å². The standard InChI is InChI=1S/C15H29NO2/c16-11-5-1-2-7-15(17)8-4-3-6-14-9-12-18-13-10-14/h14H,1-13,16H2. The van der Waals surface area contributed by atoms with Crippen molar-refractivity contribution in [2.75, 3.05) is 19.8 Å². The molecule has 0 radical (unpaired) electrons. The largest absolute Gasteiger partial charge is 0.381 e. The highest BCUT2D eigenvalue weighted by molar-refractivity contribution is 5.78. The van der Waals surface area contributed by atoms with Gasteiger partial charge in [0, 0.05) is 26.1 Å². The Morgan fingerprint density at radius 3 is 2.33 bits per heavy atom. The topological polar surface area (TPSA) is 52.3 Å². The van der Waals surface area contributed by atoms with Crippen LogP contribution in [0.3, 0.4) is 0 Å². The van der Waals surface area contributed by atoms with Crippen molar-refractivity contribution in [3.05, 3.63) is 0 Å². The molecule has 1 rings (SSSR count). The smallest absolute Gasteiger partial charge is 0.132 e. The summed E-state index contributed by atoms with van der Waals surface area (Å²) in [6.45, 7) is 2.62. The number of carbonyl (C=O) groups is 1. The van der Waals surface area contributed by atoms with Crippen LogP contribution in [0.1, 0.15) is 64.2 Å². The van der Waals surface area contributed by atoms with Gasteiger partial charge in [-0.1, -0.05) is 19.3 Å². The van der Waals surface area contributed by atoms with Crippen molar-refractivity contribution in [1.29, 1.82) is 0 Å². The monoisotopic (exact) mass is 255 g/mol. The lowest BCUT2D eigenvalue weighted by atomic mass is 9.93. The van der Waals surface area contributed by atoms with Crippen LogP contribution >= 0.6 is 0 Å². The first-order valence-electron chi connectivity index (χ1n) is 7.62. The molecule has 106 valence electrons. The van der Waals surface area contributed by atoms with Gasteiger partial charge in [0.2, 0.25) is 0 Å². The predicted molar refractivity (Wildman–Crippen MR) is 74.5 cm³/mol. The third kappa shape index (κ3) is 7.83. The molecule has 0 atom stereocenters. The molecule has 0 aromatic rings. The fourth-order valence-corrected chi connectivity index (χ4v) is 2.56. The van der Waals surface area contributed by atoms with E-state index in [4.69, 9.17) is 10.5 Å². The van der Waals surface area contributed by atoms with E-state index >= 15 is 0 Å². The van der Waals surface area contributed by atoms with Crippen molar-refractivity contribution in [1.82, 2.24) is 0 Å². The molecule has 0 saturated carbocycles. The predicted octanol–water partition coefficient (Wildman–Crippen LogP) is 3.06. The zero-order chi connectivity index (χ0) is 13.1. The van der Waals surface area contributed by atoms with Gasteiger partial charge in [0.15, 0.2) is 0 Å². The number of carbonyl (C=O) groups excluding carboxylic acids is 1. The van der Waals surface area contributed by atoms with Crippen molar-refractivity contribution in [2.24, 2.45) is 11.7 Å². The molecule has 1 saturated heterocycles. The number of Topliss-reactive ketones (excluding diaryl/α,β-unsaturated/α-hetero) is 1. The summed E-state index contributed by atoms with van der Waals surface area (Å²) in [5.74, 6) is 1.29. The maximum absolute atomic E-state index is 11.6. The highest BCUT2D eigenvalue weighted by Gasteiger charge is 2.13. The molecule has 1 fully saturated rings. The molecule has 1 aliphatic heterocycles. The van der Waals surface area contributed by atoms with Gasteiger partial charge < -0.3 is 10.5 Å². The maximum Gasteiger partial charge on any atom is 0.132 e. The number of rotatable bonds is 10. The number of ether oxygens (including phenoxy) is 1. The third-order valence-corrected chi connectivity index (χ3v) is 3.82. The van der Waals surface area contributed by atoms with Gasteiger partial charge in [0.1, 0.15) is 5.78 Å². The molecule has 2 N–H and O–H groups in total. The van der Waals surface area contributed by atoms with Crippen molar-refractivity contribution >= 4 is 5.78 Å². The summed E-state index contributed by atoms with van der Waals surface area (Å²) >= 11 is 0. The normalized spacial score (nSPS) is 16.9. The Labute approximate surface area is 111 Å². The van der Waals surface area contributed by atoms with E-state index in [9.17, 15) is 4.79 Å². The van der Waals surface area contributed by atoms with Crippen LogP contribution in [0.5, 0.6) is 0 Å². The molecule has 0 aromatic carbocycles. The van der Waals surface area contributed by atoms with Crippen LogP contribution < -0.4 is 5.73 Å². The molecule has 1 heterocycles. The van der Waals surface area contributed by atoms with Gasteiger partial charge in [-0.25, -0.2) is 0 Å². The van der Waals surface area contributed by atoms with E-state index in [2.05, 4.69) is 0 Å². The number of ketones is 1. The van der Waals surface area contributed by atoms with Crippen LogP contribution in [0.2, 0.25) is 0 Å². The Hall–Kier alpha value is -0.410. The zero-order valence-corrected chi connectivity index (χ0v) is 11.7. The van der Waals surface area contributed by atoms with Crippen LogP contribution in [0, 0.1) is 5.92 Å². The second-order valence-corrected chi connectivity index (χ2v) is 5.44. The van der Waals surface area contributed by atoms with Crippen molar-refractivity contribution in [3.63, 3.8) is 0 Å². The molecular formula is C15H29NO2. The van der Waals surface area contributed by atoms with Crippen molar-refractivity contribution in [3.8, 4) is 0 Å². The lowest BCUT2D eigenvalue weighted by molar-refractivity contribution is -0.119. The van der Waals surface area contributed by atoms with E-state index in [-0.39, 0.29) is 0 Å². The number of hydrogen-bond acceptors (Lipinski definition) is 3. The molecule has 3 nitrogen and oxygen atoms in total. The first-order chi connectivity index (χ1) is 8.83. The van der Waals surface area contributed by atoms with Gasteiger partial charge >= 0.3 is 0 Å². The van der Waals surface area contributed by atoms with Crippen molar-refractivity contribution < 1.29 is 9.53 Å². The van der Waals surface area contributed by atoms with E-state index in [1.54, 1.807) is 0 Å². The van der Waals surface area contributed by atoms with Crippen molar-refractivity contribution in [2.45, 2.75) is 64.2 Å². The molecule has 1 aliphatic rings. The summed E-state index contributed by atoms with van der Waals surface area (Å²) in [6.07, 6.45) is 10.7. The molecule has 0 amide bonds. The highest BCUT2D eigenvalue weighted by Crippen LogP contribution is 2.21. The minimum Gasteiger partial charge on any atom is -0.381 e. The average Bonchev–Trinajstić information content (AvgIpc) is 2.41. The Balaban J connectivity index is 1.88. The minimum absolute atomic E-state index is 0.444. The van der Waals surface area contributed by atoms with Crippen LogP contribution in [0.15, 0.2) is 0 Å². The van der Waals surface area contributed by atoms with Crippen LogP contribution in [0.25, 0.3) is 0 Å². The fraction of sp³-hybridized carbons (Fsp3) is 0.933. The van der Waals surface area contributed by atoms with Crippen LogP contribution in [0.4, 0.5) is 0 Å². The van der Waals surface area contributed by atoms with E-state index < -0.39 is 0 Å². The molecule has 0 bridgehead atoms. The Bertz CT molecular complexity index is 213. The summed E-state index contributed by atoms with van der Waals surface area (Å²) in [4.78, 5) is 11.6. The lowest BCUT2D eigenvalue weighted by Gasteiger charge is -2.21. The molecule has 3 heteroatoms. The summed E-state index contributed by atoms with van der Waals surface area (Å²) in [7, 11) is 0. The third-order valence-electron chi connectivity index (χ3n) is 3.82. The molecule has 0 unspecified atom stereocenters. The first-order valence-corrected chi connectivity index (χ1v) is 7.62. The number of hydrogen-bond donors (Lipinski definition) is 1. The van der Waals surface area contributed by atoms with E-state index in [0.29, 0.717) is 5.78 Å². The maximum atomic E-state index is 11.6. The van der Waals surface area contributed by atoms with Gasteiger partial charge in [-0.2, -0.15) is 0 Å². The van der Waals surface area contributed by atoms with Gasteiger partial charge in [-0.3, -0.25) is 4.79 Å². The fourth-order valence-electron chi connectivity index (χ4n) is 2.56. The molecule has 18 heavy (non-hydrogen) atoms. The summed E-state index contributed by atoms with van der Waals surface area (Å²) in [5.41, 5.74) is 5.42. The Kier molecular flexibility index (Phi) is 9.13. The average molecular weight is 255 g/mol. The van der Waals surface area contributed by atoms with Gasteiger partial charge in [-0.05, 0) is 44.6 Å².